The van der Waals surface area contributed by atoms with Crippen LogP contribution < -0.4 is 4.84 Å². The van der Waals surface area contributed by atoms with Crippen molar-refractivity contribution in [3.05, 3.63) is 30.6 Å². The van der Waals surface area contributed by atoms with Gasteiger partial charge >= 0.3 is 0 Å². The summed E-state index contributed by atoms with van der Waals surface area (Å²) in [6.45, 7) is 2.85. The van der Waals surface area contributed by atoms with Crippen LogP contribution in [0.1, 0.15) is 19.8 Å². The molecule has 0 N–H and O–H groups in total. The zero-order valence-corrected chi connectivity index (χ0v) is 8.23. The molecule has 3 heteroatoms. The molecular formula is C11H13N2O. The van der Waals surface area contributed by atoms with E-state index in [9.17, 15) is 0 Å². The molecule has 0 fully saturated rings. The Morgan fingerprint density at radius 3 is 3.14 bits per heavy atom. The number of aromatic nitrogens is 2. The van der Waals surface area contributed by atoms with Gasteiger partial charge in [0.15, 0.2) is 0 Å². The fourth-order valence-electron chi connectivity index (χ4n) is 1.28. The lowest BCUT2D eigenvalue weighted by Gasteiger charge is -2.04. The molecule has 0 saturated heterocycles. The van der Waals surface area contributed by atoms with Crippen LogP contribution in [0.5, 0.6) is 0 Å². The molecule has 0 spiro atoms. The van der Waals surface area contributed by atoms with E-state index in [2.05, 4.69) is 18.2 Å². The SMILES string of the molecule is CCCCOn1[c]nc2ccccc21. The van der Waals surface area contributed by atoms with E-state index < -0.39 is 0 Å². The maximum absolute atomic E-state index is 5.50. The van der Waals surface area contributed by atoms with Gasteiger partial charge in [-0.2, -0.15) is 4.73 Å². The summed E-state index contributed by atoms with van der Waals surface area (Å²) < 4.78 is 1.62. The number of fused-ring (bicyclic) bond motifs is 1. The predicted octanol–water partition coefficient (Wildman–Crippen LogP) is 2.07. The van der Waals surface area contributed by atoms with Crippen molar-refractivity contribution in [3.8, 4) is 0 Å². The van der Waals surface area contributed by atoms with E-state index in [1.807, 2.05) is 24.3 Å². The molecule has 1 heterocycles. The first kappa shape index (κ1) is 9.06. The maximum Gasteiger partial charge on any atom is 0.216 e. The normalized spacial score (nSPS) is 10.6. The monoisotopic (exact) mass is 189 g/mol. The van der Waals surface area contributed by atoms with Crippen LogP contribution in [0.2, 0.25) is 0 Å². The molecule has 73 valence electrons. The molecule has 0 aliphatic heterocycles. The van der Waals surface area contributed by atoms with E-state index in [4.69, 9.17) is 4.84 Å². The molecule has 0 amide bonds. The predicted molar refractivity (Wildman–Crippen MR) is 54.9 cm³/mol. The molecule has 0 aliphatic carbocycles. The van der Waals surface area contributed by atoms with Gasteiger partial charge in [-0.15, -0.1) is 0 Å². The van der Waals surface area contributed by atoms with Crippen molar-refractivity contribution >= 4 is 11.0 Å². The molecule has 3 nitrogen and oxygen atoms in total. The van der Waals surface area contributed by atoms with Gasteiger partial charge in [0.05, 0.1) is 5.52 Å². The van der Waals surface area contributed by atoms with Gasteiger partial charge in [0.25, 0.3) is 0 Å². The van der Waals surface area contributed by atoms with Crippen LogP contribution in [0, 0.1) is 6.33 Å². The molecule has 1 radical (unpaired) electrons. The minimum absolute atomic E-state index is 0.716. The zero-order valence-electron chi connectivity index (χ0n) is 8.23. The second-order valence-electron chi connectivity index (χ2n) is 3.18. The third-order valence-corrected chi connectivity index (χ3v) is 2.08. The molecule has 1 aromatic heterocycles. The zero-order chi connectivity index (χ0) is 9.80. The number of rotatable bonds is 4. The second-order valence-corrected chi connectivity index (χ2v) is 3.18. The van der Waals surface area contributed by atoms with Gasteiger partial charge in [-0.3, -0.25) is 0 Å². The first-order valence-corrected chi connectivity index (χ1v) is 4.90. The van der Waals surface area contributed by atoms with Crippen LogP contribution in [0.4, 0.5) is 0 Å². The summed E-state index contributed by atoms with van der Waals surface area (Å²) in [4.78, 5) is 9.61. The quantitative estimate of drug-likeness (QED) is 0.688. The van der Waals surface area contributed by atoms with Gasteiger partial charge in [-0.25, -0.2) is 4.98 Å². The van der Waals surface area contributed by atoms with E-state index in [0.29, 0.717) is 6.61 Å². The van der Waals surface area contributed by atoms with Crippen molar-refractivity contribution in [3.63, 3.8) is 0 Å². The first-order chi connectivity index (χ1) is 6.92. The van der Waals surface area contributed by atoms with E-state index in [1.54, 1.807) is 4.73 Å². The minimum atomic E-state index is 0.716. The summed E-state index contributed by atoms with van der Waals surface area (Å²) in [5.74, 6) is 0. The van der Waals surface area contributed by atoms with Crippen LogP contribution in [0.25, 0.3) is 11.0 Å². The summed E-state index contributed by atoms with van der Waals surface area (Å²) >= 11 is 0. The number of hydrogen-bond acceptors (Lipinski definition) is 2. The summed E-state index contributed by atoms with van der Waals surface area (Å²) in [5.41, 5.74) is 1.90. The fraction of sp³-hybridized carbons (Fsp3) is 0.364. The van der Waals surface area contributed by atoms with Crippen LogP contribution in [-0.4, -0.2) is 16.3 Å². The summed E-state index contributed by atoms with van der Waals surface area (Å²) in [6, 6.07) is 7.85. The van der Waals surface area contributed by atoms with Crippen LogP contribution in [-0.2, 0) is 0 Å². The molecule has 2 aromatic rings. The van der Waals surface area contributed by atoms with Crippen LogP contribution >= 0.6 is 0 Å². The molecule has 0 unspecified atom stereocenters. The second kappa shape index (κ2) is 4.13. The Morgan fingerprint density at radius 1 is 1.43 bits per heavy atom. The Balaban J connectivity index is 2.17. The van der Waals surface area contributed by atoms with Crippen molar-refractivity contribution in [2.24, 2.45) is 0 Å². The Bertz CT molecular complexity index is 408. The van der Waals surface area contributed by atoms with E-state index in [-0.39, 0.29) is 0 Å². The average molecular weight is 189 g/mol. The number of unbranched alkanes of at least 4 members (excludes halogenated alkanes) is 1. The summed E-state index contributed by atoms with van der Waals surface area (Å²) in [6.07, 6.45) is 5.00. The Labute approximate surface area is 83.3 Å². The Kier molecular flexibility index (Phi) is 2.68. The molecule has 0 saturated carbocycles. The summed E-state index contributed by atoms with van der Waals surface area (Å²) in [7, 11) is 0. The standard InChI is InChI=1S/C11H13N2O/c1-2-3-8-14-13-9-12-10-6-4-5-7-11(10)13/h4-7H,2-3,8H2,1H3. The van der Waals surface area contributed by atoms with Gasteiger partial charge in [-0.1, -0.05) is 25.5 Å². The third kappa shape index (κ3) is 1.71. The van der Waals surface area contributed by atoms with E-state index in [0.717, 1.165) is 23.9 Å². The van der Waals surface area contributed by atoms with Crippen molar-refractivity contribution < 1.29 is 4.84 Å². The molecule has 14 heavy (non-hydrogen) atoms. The molecular weight excluding hydrogens is 176 g/mol. The smallest absolute Gasteiger partial charge is 0.216 e. The lowest BCUT2D eigenvalue weighted by molar-refractivity contribution is 0.114. The van der Waals surface area contributed by atoms with Crippen molar-refractivity contribution in [1.29, 1.82) is 0 Å². The third-order valence-electron chi connectivity index (χ3n) is 2.08. The lowest BCUT2D eigenvalue weighted by atomic mass is 10.3. The highest BCUT2D eigenvalue weighted by atomic mass is 16.7. The summed E-state index contributed by atoms with van der Waals surface area (Å²) in [5, 5.41) is 0. The molecule has 0 bridgehead atoms. The van der Waals surface area contributed by atoms with Crippen LogP contribution in [0.15, 0.2) is 24.3 Å². The Morgan fingerprint density at radius 2 is 2.29 bits per heavy atom. The van der Waals surface area contributed by atoms with Gasteiger partial charge in [0.1, 0.15) is 12.1 Å². The maximum atomic E-state index is 5.50. The minimum Gasteiger partial charge on any atom is -0.412 e. The van der Waals surface area contributed by atoms with Crippen LogP contribution in [0.3, 0.4) is 0 Å². The number of benzene rings is 1. The van der Waals surface area contributed by atoms with Gasteiger partial charge in [-0.05, 0) is 18.6 Å². The van der Waals surface area contributed by atoms with Crippen molar-refractivity contribution in [1.82, 2.24) is 9.71 Å². The number of para-hydroxylation sites is 2. The first-order valence-electron chi connectivity index (χ1n) is 4.90. The molecule has 1 aromatic carbocycles. The molecule has 2 rings (SSSR count). The highest BCUT2D eigenvalue weighted by molar-refractivity contribution is 5.74. The number of hydrogen-bond donors (Lipinski definition) is 0. The fourth-order valence-corrected chi connectivity index (χ4v) is 1.28. The molecule has 0 aliphatic rings. The lowest BCUT2D eigenvalue weighted by Crippen LogP contribution is -2.11. The van der Waals surface area contributed by atoms with Gasteiger partial charge < -0.3 is 4.84 Å². The average Bonchev–Trinajstić information content (AvgIpc) is 2.63. The van der Waals surface area contributed by atoms with Gasteiger partial charge in [0, 0.05) is 0 Å². The Hall–Kier alpha value is -1.51. The topological polar surface area (TPSA) is 27.1 Å². The largest absolute Gasteiger partial charge is 0.412 e. The van der Waals surface area contributed by atoms with E-state index >= 15 is 0 Å². The molecule has 0 atom stereocenters. The number of nitrogens with zero attached hydrogens (tertiary/aromatic N) is 2. The van der Waals surface area contributed by atoms with E-state index in [1.165, 1.54) is 0 Å². The van der Waals surface area contributed by atoms with Gasteiger partial charge in [0.2, 0.25) is 6.33 Å². The highest BCUT2D eigenvalue weighted by Gasteiger charge is 2.01. The number of imidazole rings is 1. The van der Waals surface area contributed by atoms with Crippen molar-refractivity contribution in [2.45, 2.75) is 19.8 Å². The highest BCUT2D eigenvalue weighted by Crippen LogP contribution is 2.09. The van der Waals surface area contributed by atoms with Crippen molar-refractivity contribution in [2.75, 3.05) is 6.61 Å².